The molecule has 0 saturated carbocycles. The first-order valence-corrected chi connectivity index (χ1v) is 6.31. The SMILES string of the molecule is CC(C)c1ccc(OO)[c]([Ag+])c1.[O-][Cl+3]([O-])([O-])[O-]. The van der Waals surface area contributed by atoms with Gasteiger partial charge in [0.1, 0.15) is 0 Å². The number of rotatable bonds is 2. The van der Waals surface area contributed by atoms with E-state index in [0.29, 0.717) is 11.7 Å². The van der Waals surface area contributed by atoms with Gasteiger partial charge in [-0.1, -0.05) is 0 Å². The van der Waals surface area contributed by atoms with E-state index in [1.165, 1.54) is 5.56 Å². The summed E-state index contributed by atoms with van der Waals surface area (Å²) in [6.45, 7) is 4.22. The molecule has 0 bridgehead atoms. The largest absolute Gasteiger partial charge is 0.222 e. The summed E-state index contributed by atoms with van der Waals surface area (Å²) in [4.78, 5) is 4.13. The first-order valence-electron chi connectivity index (χ1n) is 4.34. The van der Waals surface area contributed by atoms with Crippen molar-refractivity contribution in [2.24, 2.45) is 0 Å². The van der Waals surface area contributed by atoms with Crippen molar-refractivity contribution < 1.29 is 60.1 Å². The van der Waals surface area contributed by atoms with Crippen molar-refractivity contribution >= 4 is 3.78 Å². The monoisotopic (exact) mass is 357 g/mol. The molecule has 0 saturated heterocycles. The first-order chi connectivity index (χ1) is 7.65. The summed E-state index contributed by atoms with van der Waals surface area (Å²) in [6.07, 6.45) is 0. The Balaban J connectivity index is 0.000000437. The molecule has 0 amide bonds. The van der Waals surface area contributed by atoms with Crippen LogP contribution in [0.25, 0.3) is 0 Å². The molecule has 0 heterocycles. The van der Waals surface area contributed by atoms with E-state index in [2.05, 4.69) is 39.8 Å². The summed E-state index contributed by atoms with van der Waals surface area (Å²) >= 11 is 3.31. The van der Waals surface area contributed by atoms with E-state index in [0.717, 1.165) is 3.78 Å². The van der Waals surface area contributed by atoms with Crippen LogP contribution in [0.5, 0.6) is 5.75 Å². The fraction of sp³-hybridized carbons (Fsp3) is 0.333. The Labute approximate surface area is 113 Å². The summed E-state index contributed by atoms with van der Waals surface area (Å²) < 4.78 is 34.7. The Morgan fingerprint density at radius 3 is 2.00 bits per heavy atom. The predicted molar refractivity (Wildman–Crippen MR) is 43.4 cm³/mol. The Hall–Kier alpha value is -0.150. The maximum atomic E-state index is 8.49. The van der Waals surface area contributed by atoms with Crippen molar-refractivity contribution in [2.45, 2.75) is 19.8 Å². The third-order valence-electron chi connectivity index (χ3n) is 1.69. The molecular weight excluding hydrogens is 347 g/mol. The minimum Gasteiger partial charge on any atom is -0.222 e. The van der Waals surface area contributed by atoms with E-state index >= 15 is 0 Å². The van der Waals surface area contributed by atoms with Crippen molar-refractivity contribution in [1.29, 1.82) is 0 Å². The predicted octanol–water partition coefficient (Wildman–Crippen LogP) is -2.92. The molecule has 0 aliphatic carbocycles. The molecule has 0 spiro atoms. The summed E-state index contributed by atoms with van der Waals surface area (Å²) in [5.74, 6) is 0.923. The molecule has 0 aromatic heterocycles. The molecule has 0 unspecified atom stereocenters. The van der Waals surface area contributed by atoms with Crippen LogP contribution in [0.4, 0.5) is 0 Å². The van der Waals surface area contributed by atoms with Gasteiger partial charge in [0.2, 0.25) is 0 Å². The van der Waals surface area contributed by atoms with Crippen LogP contribution < -0.4 is 27.3 Å². The molecule has 1 aromatic rings. The average Bonchev–Trinajstić information content (AvgIpc) is 2.14. The molecule has 0 radical (unpaired) electrons. The zero-order chi connectivity index (χ0) is 13.6. The van der Waals surface area contributed by atoms with E-state index in [4.69, 9.17) is 23.9 Å². The topological polar surface area (TPSA) is 122 Å². The molecule has 1 N–H and O–H groups in total. The molecule has 17 heavy (non-hydrogen) atoms. The van der Waals surface area contributed by atoms with Crippen molar-refractivity contribution in [3.63, 3.8) is 0 Å². The molecule has 0 aliphatic heterocycles. The van der Waals surface area contributed by atoms with E-state index < -0.39 is 10.2 Å². The Morgan fingerprint density at radius 1 is 1.24 bits per heavy atom. The van der Waals surface area contributed by atoms with Gasteiger partial charge in [0.05, 0.1) is 0 Å². The fourth-order valence-corrected chi connectivity index (χ4v) is 1.37. The normalized spacial score (nSPS) is 10.9. The third-order valence-corrected chi connectivity index (χ3v) is 2.27. The number of hydrogen-bond acceptors (Lipinski definition) is 6. The van der Waals surface area contributed by atoms with Crippen LogP contribution in [0.3, 0.4) is 0 Å². The van der Waals surface area contributed by atoms with Gasteiger partial charge >= 0.3 is 84.3 Å². The molecule has 0 aliphatic rings. The van der Waals surface area contributed by atoms with Gasteiger partial charge in [-0.15, -0.1) is 10.2 Å². The molecule has 101 valence electrons. The number of halogens is 1. The summed E-state index contributed by atoms with van der Waals surface area (Å²) in [5, 5.41) is 8.42. The Morgan fingerprint density at radius 2 is 1.71 bits per heavy atom. The van der Waals surface area contributed by atoms with Crippen molar-refractivity contribution in [2.75, 3.05) is 0 Å². The third kappa shape index (κ3) is 8.56. The van der Waals surface area contributed by atoms with Gasteiger partial charge < -0.3 is 0 Å². The summed E-state index contributed by atoms with van der Waals surface area (Å²) in [6, 6.07) is 5.61. The van der Waals surface area contributed by atoms with Crippen LogP contribution in [0.15, 0.2) is 18.2 Å². The van der Waals surface area contributed by atoms with Crippen LogP contribution in [-0.4, -0.2) is 5.26 Å². The van der Waals surface area contributed by atoms with Crippen molar-refractivity contribution in [1.82, 2.24) is 0 Å². The van der Waals surface area contributed by atoms with Crippen molar-refractivity contribution in [3.8, 4) is 5.75 Å². The van der Waals surface area contributed by atoms with Gasteiger partial charge in [-0.05, 0) is 0 Å². The van der Waals surface area contributed by atoms with Gasteiger partial charge in [-0.3, -0.25) is 0 Å². The van der Waals surface area contributed by atoms with Gasteiger partial charge in [0, 0.05) is 0 Å². The van der Waals surface area contributed by atoms with Gasteiger partial charge in [-0.2, -0.15) is 0 Å². The van der Waals surface area contributed by atoms with E-state index in [9.17, 15) is 0 Å². The second kappa shape index (κ2) is 7.32. The van der Waals surface area contributed by atoms with Crippen LogP contribution in [0.1, 0.15) is 25.3 Å². The zero-order valence-electron chi connectivity index (χ0n) is 8.98. The van der Waals surface area contributed by atoms with Gasteiger partial charge in [-0.25, -0.2) is 18.6 Å². The van der Waals surface area contributed by atoms with Crippen molar-refractivity contribution in [3.05, 3.63) is 23.8 Å². The zero-order valence-corrected chi connectivity index (χ0v) is 11.2. The maximum Gasteiger partial charge on any atom is -0.112 e. The second-order valence-electron chi connectivity index (χ2n) is 3.27. The van der Waals surface area contributed by atoms with Crippen LogP contribution in [-0.2, 0) is 21.1 Å². The minimum absolute atomic E-state index is 0.443. The van der Waals surface area contributed by atoms with Gasteiger partial charge in [0.15, 0.2) is 0 Å². The second-order valence-corrected chi connectivity index (χ2v) is 4.83. The molecular formula is C9H11AgClO6. The first kappa shape index (κ1) is 16.9. The van der Waals surface area contributed by atoms with Gasteiger partial charge in [0.25, 0.3) is 0 Å². The molecule has 0 fully saturated rings. The number of hydrogen-bond donors (Lipinski definition) is 1. The standard InChI is InChI=1S/C9H11O2.Ag.ClHO4/c1-7(2)8-3-5-9(11-10)6-4-8;;2-1(3,4)5/h3-5,7,10H,1-2H3;;(H,2,3,4,5)/q;+1;/p-1. The van der Waals surface area contributed by atoms with Crippen LogP contribution in [0, 0.1) is 10.2 Å². The molecule has 8 heteroatoms. The molecule has 1 rings (SSSR count). The molecule has 0 atom stereocenters. The van der Waals surface area contributed by atoms with E-state index in [1.54, 1.807) is 6.07 Å². The van der Waals surface area contributed by atoms with Crippen LogP contribution >= 0.6 is 0 Å². The Kier molecular flexibility index (Phi) is 7.26. The summed E-state index contributed by atoms with van der Waals surface area (Å²) in [5.41, 5.74) is 1.21. The maximum absolute atomic E-state index is 8.49. The Bertz CT molecular complexity index is 346. The van der Waals surface area contributed by atoms with Crippen LogP contribution in [0.2, 0.25) is 0 Å². The molecule has 6 nitrogen and oxygen atoms in total. The fourth-order valence-electron chi connectivity index (χ4n) is 0.928. The summed E-state index contributed by atoms with van der Waals surface area (Å²) in [7, 11) is -4.94. The quantitative estimate of drug-likeness (QED) is 0.343. The molecule has 1 aromatic carbocycles. The van der Waals surface area contributed by atoms with E-state index in [1.807, 2.05) is 12.1 Å². The number of benzene rings is 1. The van der Waals surface area contributed by atoms with E-state index in [-0.39, 0.29) is 0 Å². The smallest absolute Gasteiger partial charge is 0.112 e. The average molecular weight is 359 g/mol. The minimum atomic E-state index is -4.94.